The van der Waals surface area contributed by atoms with Gasteiger partial charge < -0.3 is 19.5 Å². The zero-order chi connectivity index (χ0) is 18.4. The molecule has 2 aromatic rings. The van der Waals surface area contributed by atoms with Crippen LogP contribution in [0.1, 0.15) is 35.2 Å². The Morgan fingerprint density at radius 3 is 2.74 bits per heavy atom. The number of benzene rings is 2. The van der Waals surface area contributed by atoms with Crippen LogP contribution in [0.3, 0.4) is 0 Å². The zero-order valence-corrected chi connectivity index (χ0v) is 15.1. The number of carbonyl (C=O) groups is 1. The number of nitrogens with zero attached hydrogens (tertiary/aromatic N) is 1. The molecule has 0 unspecified atom stereocenters. The smallest absolute Gasteiger partial charge is 0.254 e. The summed E-state index contributed by atoms with van der Waals surface area (Å²) >= 11 is 0. The van der Waals surface area contributed by atoms with E-state index in [-0.39, 0.29) is 36.8 Å². The van der Waals surface area contributed by atoms with Crippen molar-refractivity contribution < 1.29 is 19.4 Å². The van der Waals surface area contributed by atoms with Crippen LogP contribution in [0.4, 0.5) is 0 Å². The van der Waals surface area contributed by atoms with Gasteiger partial charge >= 0.3 is 0 Å². The summed E-state index contributed by atoms with van der Waals surface area (Å²) in [7, 11) is 0. The highest BCUT2D eigenvalue weighted by molar-refractivity contribution is 5.96. The Labute approximate surface area is 158 Å². The molecule has 2 fully saturated rings. The third-order valence-corrected chi connectivity index (χ3v) is 6.42. The first-order valence-corrected chi connectivity index (χ1v) is 9.57. The average molecular weight is 365 g/mol. The van der Waals surface area contributed by atoms with Gasteiger partial charge in [-0.15, -0.1) is 0 Å². The summed E-state index contributed by atoms with van der Waals surface area (Å²) in [5.41, 5.74) is 1.59. The Morgan fingerprint density at radius 2 is 1.93 bits per heavy atom. The predicted molar refractivity (Wildman–Crippen MR) is 99.8 cm³/mol. The molecule has 5 rings (SSSR count). The minimum absolute atomic E-state index is 0.0317. The van der Waals surface area contributed by atoms with E-state index in [4.69, 9.17) is 9.47 Å². The number of hydrogen-bond donors (Lipinski definition) is 1. The van der Waals surface area contributed by atoms with Gasteiger partial charge in [0.25, 0.3) is 5.91 Å². The van der Waals surface area contributed by atoms with E-state index in [1.54, 1.807) is 12.1 Å². The second-order valence-electron chi connectivity index (χ2n) is 7.91. The molecule has 140 valence electrons. The van der Waals surface area contributed by atoms with Gasteiger partial charge in [0, 0.05) is 23.1 Å². The Kier molecular flexibility index (Phi) is 3.86. The fourth-order valence-electron chi connectivity index (χ4n) is 5.19. The predicted octanol–water partition coefficient (Wildman–Crippen LogP) is 3.01. The number of fused-ring (bicyclic) bond motifs is 3. The van der Waals surface area contributed by atoms with E-state index < -0.39 is 0 Å². The lowest BCUT2D eigenvalue weighted by Gasteiger charge is -2.36. The lowest BCUT2D eigenvalue weighted by atomic mass is 9.70. The summed E-state index contributed by atoms with van der Waals surface area (Å²) in [6, 6.07) is 15.9. The molecule has 5 nitrogen and oxygen atoms in total. The van der Waals surface area contributed by atoms with Gasteiger partial charge in [-0.1, -0.05) is 30.3 Å². The third-order valence-electron chi connectivity index (χ3n) is 6.42. The summed E-state index contributed by atoms with van der Waals surface area (Å²) < 4.78 is 10.8. The van der Waals surface area contributed by atoms with Gasteiger partial charge in [0.2, 0.25) is 6.79 Å². The van der Waals surface area contributed by atoms with Gasteiger partial charge in [-0.25, -0.2) is 0 Å². The van der Waals surface area contributed by atoms with Crippen LogP contribution in [-0.2, 0) is 6.42 Å². The van der Waals surface area contributed by atoms with Gasteiger partial charge in [0.05, 0.1) is 6.61 Å². The van der Waals surface area contributed by atoms with E-state index in [2.05, 4.69) is 12.1 Å². The number of amides is 1. The van der Waals surface area contributed by atoms with Crippen molar-refractivity contribution in [1.82, 2.24) is 4.90 Å². The Hall–Kier alpha value is -2.53. The molecule has 0 radical (unpaired) electrons. The number of ether oxygens (including phenoxy) is 2. The summed E-state index contributed by atoms with van der Waals surface area (Å²) in [5.74, 6) is 1.35. The molecule has 1 amide bonds. The summed E-state index contributed by atoms with van der Waals surface area (Å²) in [5, 5.41) is 10.3. The van der Waals surface area contributed by atoms with E-state index in [1.807, 2.05) is 29.2 Å². The molecular formula is C22H23NO4. The molecule has 27 heavy (non-hydrogen) atoms. The first-order valence-electron chi connectivity index (χ1n) is 9.57. The lowest BCUT2D eigenvalue weighted by Crippen LogP contribution is -2.43. The topological polar surface area (TPSA) is 59.0 Å². The SMILES string of the molecule is O=C(c1ccc2c(c1)OCO2)N1[C@H]2CC[C@@H]1[C@@](CO)(Cc1ccccc1)C2. The zero-order valence-electron chi connectivity index (χ0n) is 15.1. The fraction of sp³-hybridized carbons (Fsp3) is 0.409. The van der Waals surface area contributed by atoms with Gasteiger partial charge in [0.1, 0.15) is 0 Å². The summed E-state index contributed by atoms with van der Waals surface area (Å²) in [4.78, 5) is 15.3. The highest BCUT2D eigenvalue weighted by Gasteiger charge is 2.57. The van der Waals surface area contributed by atoms with Crippen molar-refractivity contribution in [3.8, 4) is 11.5 Å². The van der Waals surface area contributed by atoms with Crippen molar-refractivity contribution in [2.45, 2.75) is 37.8 Å². The molecule has 0 spiro atoms. The van der Waals surface area contributed by atoms with Crippen LogP contribution in [0.2, 0.25) is 0 Å². The quantitative estimate of drug-likeness (QED) is 0.905. The van der Waals surface area contributed by atoms with Gasteiger partial charge in [-0.3, -0.25) is 4.79 Å². The minimum Gasteiger partial charge on any atom is -0.454 e. The molecule has 0 saturated carbocycles. The second kappa shape index (κ2) is 6.27. The molecule has 2 saturated heterocycles. The fourth-order valence-corrected chi connectivity index (χ4v) is 5.19. The van der Waals surface area contributed by atoms with Crippen LogP contribution in [-0.4, -0.2) is 41.4 Å². The Bertz CT molecular complexity index is 868. The number of aliphatic hydroxyl groups is 1. The largest absolute Gasteiger partial charge is 0.454 e. The molecule has 2 bridgehead atoms. The maximum atomic E-state index is 13.3. The molecule has 5 heteroatoms. The molecule has 3 atom stereocenters. The Balaban J connectivity index is 1.43. The Morgan fingerprint density at radius 1 is 1.11 bits per heavy atom. The molecule has 0 aliphatic carbocycles. The van der Waals surface area contributed by atoms with Crippen molar-refractivity contribution in [3.63, 3.8) is 0 Å². The minimum atomic E-state index is -0.254. The summed E-state index contributed by atoms with van der Waals surface area (Å²) in [6.45, 7) is 0.306. The van der Waals surface area contributed by atoms with Gasteiger partial charge in [-0.2, -0.15) is 0 Å². The van der Waals surface area contributed by atoms with Crippen molar-refractivity contribution in [3.05, 3.63) is 59.7 Å². The standard InChI is InChI=1S/C22H23NO4/c24-13-22(11-15-4-2-1-3-5-15)12-17-7-9-20(22)23(17)21(25)16-6-8-18-19(10-16)27-14-26-18/h1-6,8,10,17,20,24H,7,9,11-14H2/t17-,20+,22-/m0/s1. The van der Waals surface area contributed by atoms with Crippen molar-refractivity contribution >= 4 is 5.91 Å². The monoisotopic (exact) mass is 365 g/mol. The second-order valence-corrected chi connectivity index (χ2v) is 7.91. The van der Waals surface area contributed by atoms with E-state index in [0.29, 0.717) is 17.1 Å². The summed E-state index contributed by atoms with van der Waals surface area (Å²) in [6.07, 6.45) is 3.63. The van der Waals surface area contributed by atoms with Crippen LogP contribution in [0.15, 0.2) is 48.5 Å². The highest BCUT2D eigenvalue weighted by atomic mass is 16.7. The lowest BCUT2D eigenvalue weighted by molar-refractivity contribution is 0.0571. The normalized spacial score (nSPS) is 28.0. The van der Waals surface area contributed by atoms with Crippen molar-refractivity contribution in [2.75, 3.05) is 13.4 Å². The number of rotatable bonds is 4. The number of aliphatic hydroxyl groups excluding tert-OH is 1. The van der Waals surface area contributed by atoms with Crippen molar-refractivity contribution in [2.24, 2.45) is 5.41 Å². The molecule has 2 aromatic carbocycles. The first-order chi connectivity index (χ1) is 13.2. The molecule has 3 heterocycles. The molecule has 3 aliphatic heterocycles. The maximum absolute atomic E-state index is 13.3. The maximum Gasteiger partial charge on any atom is 0.254 e. The van der Waals surface area contributed by atoms with Gasteiger partial charge in [-0.05, 0) is 49.4 Å². The van der Waals surface area contributed by atoms with Crippen LogP contribution < -0.4 is 9.47 Å². The van der Waals surface area contributed by atoms with E-state index in [0.717, 1.165) is 25.7 Å². The van der Waals surface area contributed by atoms with Crippen LogP contribution in [0.5, 0.6) is 11.5 Å². The van der Waals surface area contributed by atoms with E-state index in [1.165, 1.54) is 5.56 Å². The van der Waals surface area contributed by atoms with Crippen molar-refractivity contribution in [1.29, 1.82) is 0 Å². The van der Waals surface area contributed by atoms with E-state index >= 15 is 0 Å². The van der Waals surface area contributed by atoms with E-state index in [9.17, 15) is 9.90 Å². The molecule has 3 aliphatic rings. The molecular weight excluding hydrogens is 342 g/mol. The average Bonchev–Trinajstić information content (AvgIpc) is 3.41. The third kappa shape index (κ3) is 2.60. The molecule has 0 aromatic heterocycles. The highest BCUT2D eigenvalue weighted by Crippen LogP contribution is 2.52. The van der Waals surface area contributed by atoms with Gasteiger partial charge in [0.15, 0.2) is 11.5 Å². The first kappa shape index (κ1) is 16.6. The number of carbonyl (C=O) groups excluding carboxylic acids is 1. The van der Waals surface area contributed by atoms with Crippen LogP contribution in [0, 0.1) is 5.41 Å². The van der Waals surface area contributed by atoms with Crippen LogP contribution in [0.25, 0.3) is 0 Å². The van der Waals surface area contributed by atoms with Crippen LogP contribution >= 0.6 is 0 Å². The number of hydrogen-bond acceptors (Lipinski definition) is 4. The molecule has 1 N–H and O–H groups in total.